The van der Waals surface area contributed by atoms with Crippen molar-refractivity contribution in [1.29, 1.82) is 0 Å². The van der Waals surface area contributed by atoms with E-state index in [0.29, 0.717) is 29.8 Å². The Morgan fingerprint density at radius 3 is 2.38 bits per heavy atom. The standard InChI is InChI=1S/C9H3Cl4NS2/c10-4-1-2-5(11)6(3-4)14-9-7(12)8(13)15-16-9/h1-3H. The van der Waals surface area contributed by atoms with Crippen molar-refractivity contribution in [3.8, 4) is 0 Å². The molecule has 1 heterocycles. The summed E-state index contributed by atoms with van der Waals surface area (Å²) < 4.78 is 1.17. The van der Waals surface area contributed by atoms with E-state index in [1.54, 1.807) is 18.2 Å². The first-order valence-electron chi connectivity index (χ1n) is 4.02. The lowest BCUT2D eigenvalue weighted by Gasteiger charge is -1.97. The van der Waals surface area contributed by atoms with Gasteiger partial charge in [0.2, 0.25) is 0 Å². The molecule has 0 aliphatic heterocycles. The summed E-state index contributed by atoms with van der Waals surface area (Å²) in [5.41, 5.74) is 0.585. The molecule has 0 spiro atoms. The maximum atomic E-state index is 5.98. The highest BCUT2D eigenvalue weighted by Crippen LogP contribution is 2.30. The molecule has 84 valence electrons. The lowest BCUT2D eigenvalue weighted by molar-refractivity contribution is 1.41. The summed E-state index contributed by atoms with van der Waals surface area (Å²) in [6.07, 6.45) is 0. The molecule has 1 aromatic carbocycles. The molecule has 0 bridgehead atoms. The summed E-state index contributed by atoms with van der Waals surface area (Å²) in [7, 11) is 2.76. The Balaban J connectivity index is 2.59. The van der Waals surface area contributed by atoms with Crippen LogP contribution in [0, 0.1) is 0 Å². The second-order valence-corrected chi connectivity index (χ2v) is 6.72. The summed E-state index contributed by atoms with van der Waals surface area (Å²) in [6.45, 7) is 0. The summed E-state index contributed by atoms with van der Waals surface area (Å²) in [5.74, 6) is 0. The molecule has 0 saturated carbocycles. The van der Waals surface area contributed by atoms with E-state index in [4.69, 9.17) is 46.4 Å². The van der Waals surface area contributed by atoms with E-state index in [1.165, 1.54) is 20.7 Å². The van der Waals surface area contributed by atoms with E-state index in [1.807, 2.05) is 0 Å². The summed E-state index contributed by atoms with van der Waals surface area (Å²) >= 11 is 23.7. The van der Waals surface area contributed by atoms with E-state index >= 15 is 0 Å². The van der Waals surface area contributed by atoms with Crippen LogP contribution in [0.5, 0.6) is 0 Å². The predicted octanol–water partition coefficient (Wildman–Crippen LogP) is 5.66. The smallest absolute Gasteiger partial charge is 0.147 e. The van der Waals surface area contributed by atoms with Gasteiger partial charge in [0.25, 0.3) is 0 Å². The van der Waals surface area contributed by atoms with E-state index in [2.05, 4.69) is 4.99 Å². The first kappa shape index (κ1) is 12.7. The summed E-state index contributed by atoms with van der Waals surface area (Å²) in [6, 6.07) is 5.07. The zero-order valence-electron chi connectivity index (χ0n) is 7.51. The highest BCUT2D eigenvalue weighted by atomic mass is 35.5. The van der Waals surface area contributed by atoms with Gasteiger partial charge in [-0.1, -0.05) is 67.1 Å². The molecule has 0 atom stereocenters. The molecule has 0 fully saturated rings. The van der Waals surface area contributed by atoms with Gasteiger partial charge in [-0.05, 0) is 18.2 Å². The molecule has 0 unspecified atom stereocenters. The normalized spacial score (nSPS) is 12.1. The molecule has 0 aliphatic carbocycles. The quantitative estimate of drug-likeness (QED) is 0.598. The molecule has 2 rings (SSSR count). The Bertz CT molecular complexity index is 587. The monoisotopic (exact) mass is 329 g/mol. The summed E-state index contributed by atoms with van der Waals surface area (Å²) in [5, 5.41) is 1.55. The second-order valence-electron chi connectivity index (χ2n) is 2.77. The van der Waals surface area contributed by atoms with Gasteiger partial charge in [-0.15, -0.1) is 0 Å². The molecular formula is C9H3Cl4NS2. The van der Waals surface area contributed by atoms with Gasteiger partial charge >= 0.3 is 0 Å². The van der Waals surface area contributed by atoms with Gasteiger partial charge in [0.05, 0.1) is 10.7 Å². The lowest BCUT2D eigenvalue weighted by atomic mass is 10.3. The van der Waals surface area contributed by atoms with Crippen molar-refractivity contribution in [3.05, 3.63) is 42.3 Å². The number of rotatable bonds is 1. The highest BCUT2D eigenvalue weighted by molar-refractivity contribution is 7.69. The van der Waals surface area contributed by atoms with Crippen molar-refractivity contribution < 1.29 is 0 Å². The number of halogens is 4. The third kappa shape index (κ3) is 2.73. The van der Waals surface area contributed by atoms with Crippen molar-refractivity contribution in [1.82, 2.24) is 0 Å². The van der Waals surface area contributed by atoms with Crippen LogP contribution < -0.4 is 4.67 Å². The number of benzene rings is 1. The first-order chi connectivity index (χ1) is 7.58. The molecule has 0 amide bonds. The van der Waals surface area contributed by atoms with E-state index in [0.717, 1.165) is 0 Å². The van der Waals surface area contributed by atoms with Crippen LogP contribution in [0.2, 0.25) is 19.4 Å². The van der Waals surface area contributed by atoms with Crippen LogP contribution in [0.15, 0.2) is 23.2 Å². The van der Waals surface area contributed by atoms with Crippen LogP contribution in [0.4, 0.5) is 5.69 Å². The minimum absolute atomic E-state index is 0.452. The first-order valence-corrected chi connectivity index (χ1v) is 7.68. The Kier molecular flexibility index (Phi) is 4.16. The molecule has 1 nitrogen and oxygen atoms in total. The number of nitrogens with zero attached hydrogens (tertiary/aromatic N) is 1. The lowest BCUT2D eigenvalue weighted by Crippen LogP contribution is -1.91. The summed E-state index contributed by atoms with van der Waals surface area (Å²) in [4.78, 5) is 4.32. The number of hydrogen-bond acceptors (Lipinski definition) is 3. The molecular weight excluding hydrogens is 328 g/mol. The second kappa shape index (κ2) is 5.25. The zero-order chi connectivity index (χ0) is 11.7. The molecule has 2 aromatic rings. The molecule has 0 N–H and O–H groups in total. The Hall–Kier alpha value is 0.230. The van der Waals surface area contributed by atoms with Crippen molar-refractivity contribution in [3.63, 3.8) is 0 Å². The van der Waals surface area contributed by atoms with Crippen LogP contribution in [0.3, 0.4) is 0 Å². The van der Waals surface area contributed by atoms with Gasteiger partial charge in [0.15, 0.2) is 0 Å². The largest absolute Gasteiger partial charge is 0.234 e. The molecule has 7 heteroatoms. The van der Waals surface area contributed by atoms with Crippen molar-refractivity contribution in [2.75, 3.05) is 0 Å². The predicted molar refractivity (Wildman–Crippen MR) is 73.9 cm³/mol. The van der Waals surface area contributed by atoms with E-state index < -0.39 is 0 Å². The maximum absolute atomic E-state index is 5.98. The van der Waals surface area contributed by atoms with Gasteiger partial charge in [0, 0.05) is 5.02 Å². The average Bonchev–Trinajstić information content (AvgIpc) is 2.55. The average molecular weight is 331 g/mol. The Labute approximate surface area is 119 Å². The topological polar surface area (TPSA) is 12.4 Å². The van der Waals surface area contributed by atoms with Crippen molar-refractivity contribution in [2.45, 2.75) is 0 Å². The highest BCUT2D eigenvalue weighted by Gasteiger charge is 2.05. The third-order valence-corrected chi connectivity index (χ3v) is 5.73. The molecule has 16 heavy (non-hydrogen) atoms. The zero-order valence-corrected chi connectivity index (χ0v) is 12.2. The van der Waals surface area contributed by atoms with Crippen molar-refractivity contribution in [2.24, 2.45) is 4.99 Å². The van der Waals surface area contributed by atoms with Crippen LogP contribution >= 0.6 is 67.1 Å². The Morgan fingerprint density at radius 2 is 1.75 bits per heavy atom. The minimum atomic E-state index is 0.452. The molecule has 0 saturated heterocycles. The fourth-order valence-electron chi connectivity index (χ4n) is 0.982. The molecule has 0 radical (unpaired) electrons. The van der Waals surface area contributed by atoms with Crippen LogP contribution in [0.25, 0.3) is 0 Å². The SMILES string of the molecule is Clc1ccc(Cl)c(N=c2ssc(Cl)c2Cl)c1. The fraction of sp³-hybridized carbons (Fsp3) is 0. The van der Waals surface area contributed by atoms with Gasteiger partial charge in [-0.25, -0.2) is 4.99 Å². The van der Waals surface area contributed by atoms with E-state index in [9.17, 15) is 0 Å². The van der Waals surface area contributed by atoms with Gasteiger partial charge < -0.3 is 0 Å². The minimum Gasteiger partial charge on any atom is -0.234 e. The molecule has 1 aromatic heterocycles. The van der Waals surface area contributed by atoms with Crippen LogP contribution in [-0.4, -0.2) is 0 Å². The van der Waals surface area contributed by atoms with Gasteiger partial charge in [-0.3, -0.25) is 0 Å². The number of hydrogen-bond donors (Lipinski definition) is 0. The molecule has 0 aliphatic rings. The van der Waals surface area contributed by atoms with Gasteiger partial charge in [0.1, 0.15) is 14.0 Å². The third-order valence-electron chi connectivity index (χ3n) is 1.68. The van der Waals surface area contributed by atoms with Crippen LogP contribution in [0.1, 0.15) is 0 Å². The van der Waals surface area contributed by atoms with Gasteiger partial charge in [-0.2, -0.15) is 0 Å². The van der Waals surface area contributed by atoms with E-state index in [-0.39, 0.29) is 0 Å². The Morgan fingerprint density at radius 1 is 1.00 bits per heavy atom. The van der Waals surface area contributed by atoms with Crippen molar-refractivity contribution >= 4 is 72.8 Å². The fourth-order valence-corrected chi connectivity index (χ4v) is 4.05. The maximum Gasteiger partial charge on any atom is 0.147 e. The van der Waals surface area contributed by atoms with Crippen LogP contribution in [-0.2, 0) is 0 Å².